The SMILES string of the molecule is CCc1nc(-c2ccncc2)sc1C(C)(C)O. The first-order valence-corrected chi connectivity index (χ1v) is 6.47. The Balaban J connectivity index is 2.49. The van der Waals surface area contributed by atoms with Crippen molar-refractivity contribution >= 4 is 11.3 Å². The molecule has 0 atom stereocenters. The zero-order valence-electron chi connectivity index (χ0n) is 10.3. The lowest BCUT2D eigenvalue weighted by atomic mass is 10.1. The summed E-state index contributed by atoms with van der Waals surface area (Å²) in [6.45, 7) is 5.66. The second-order valence-corrected chi connectivity index (χ2v) is 5.44. The van der Waals surface area contributed by atoms with Crippen molar-refractivity contribution in [2.75, 3.05) is 0 Å². The smallest absolute Gasteiger partial charge is 0.124 e. The van der Waals surface area contributed by atoms with Gasteiger partial charge < -0.3 is 5.11 Å². The van der Waals surface area contributed by atoms with Crippen molar-refractivity contribution in [1.29, 1.82) is 0 Å². The molecule has 90 valence electrons. The molecular weight excluding hydrogens is 232 g/mol. The van der Waals surface area contributed by atoms with Crippen LogP contribution in [0.3, 0.4) is 0 Å². The van der Waals surface area contributed by atoms with E-state index in [9.17, 15) is 5.11 Å². The quantitative estimate of drug-likeness (QED) is 0.908. The Kier molecular flexibility index (Phi) is 3.26. The highest BCUT2D eigenvalue weighted by Gasteiger charge is 2.24. The number of aromatic nitrogens is 2. The Morgan fingerprint density at radius 2 is 1.94 bits per heavy atom. The Labute approximate surface area is 105 Å². The summed E-state index contributed by atoms with van der Waals surface area (Å²) in [6, 6.07) is 3.87. The topological polar surface area (TPSA) is 46.0 Å². The first-order valence-electron chi connectivity index (χ1n) is 5.65. The number of nitrogens with zero attached hydrogens (tertiary/aromatic N) is 2. The van der Waals surface area contributed by atoms with Gasteiger partial charge in [0.15, 0.2) is 0 Å². The summed E-state index contributed by atoms with van der Waals surface area (Å²) < 4.78 is 0. The predicted octanol–water partition coefficient (Wildman–Crippen LogP) is 2.99. The summed E-state index contributed by atoms with van der Waals surface area (Å²) in [6.07, 6.45) is 4.35. The normalized spacial score (nSPS) is 11.8. The molecule has 0 amide bonds. The number of thiazole rings is 1. The van der Waals surface area contributed by atoms with E-state index < -0.39 is 5.60 Å². The van der Waals surface area contributed by atoms with Crippen LogP contribution in [0.4, 0.5) is 0 Å². The lowest BCUT2D eigenvalue weighted by molar-refractivity contribution is 0.0814. The molecule has 4 heteroatoms. The fraction of sp³-hybridized carbons (Fsp3) is 0.385. The fourth-order valence-corrected chi connectivity index (χ4v) is 2.85. The first kappa shape index (κ1) is 12.2. The van der Waals surface area contributed by atoms with Gasteiger partial charge in [-0.25, -0.2) is 4.98 Å². The summed E-state index contributed by atoms with van der Waals surface area (Å²) in [5, 5.41) is 11.1. The molecule has 0 aliphatic carbocycles. The average Bonchev–Trinajstić information content (AvgIpc) is 2.74. The Hall–Kier alpha value is -1.26. The standard InChI is InChI=1S/C13H16N2OS/c1-4-10-11(13(2,3)16)17-12(15-10)9-5-7-14-8-6-9/h5-8,16H,4H2,1-3H3. The Bertz CT molecular complexity index is 500. The van der Waals surface area contributed by atoms with Gasteiger partial charge in [-0.1, -0.05) is 6.92 Å². The molecule has 0 saturated carbocycles. The molecule has 17 heavy (non-hydrogen) atoms. The van der Waals surface area contributed by atoms with E-state index in [1.807, 2.05) is 12.1 Å². The van der Waals surface area contributed by atoms with Gasteiger partial charge in [0, 0.05) is 18.0 Å². The van der Waals surface area contributed by atoms with Crippen molar-refractivity contribution < 1.29 is 5.11 Å². The highest BCUT2D eigenvalue weighted by molar-refractivity contribution is 7.15. The number of pyridine rings is 1. The minimum absolute atomic E-state index is 0.825. The number of aryl methyl sites for hydroxylation is 1. The van der Waals surface area contributed by atoms with Gasteiger partial charge in [-0.2, -0.15) is 0 Å². The summed E-state index contributed by atoms with van der Waals surface area (Å²) in [5.41, 5.74) is 1.21. The maximum Gasteiger partial charge on any atom is 0.124 e. The summed E-state index contributed by atoms with van der Waals surface area (Å²) in [4.78, 5) is 9.54. The molecule has 2 rings (SSSR count). The van der Waals surface area contributed by atoms with E-state index in [1.54, 1.807) is 37.6 Å². The van der Waals surface area contributed by atoms with Crippen LogP contribution in [-0.2, 0) is 12.0 Å². The van der Waals surface area contributed by atoms with Gasteiger partial charge in [0.05, 0.1) is 16.2 Å². The van der Waals surface area contributed by atoms with Crippen LogP contribution in [-0.4, -0.2) is 15.1 Å². The molecule has 2 heterocycles. The van der Waals surface area contributed by atoms with E-state index in [0.29, 0.717) is 0 Å². The van der Waals surface area contributed by atoms with Crippen molar-refractivity contribution in [3.63, 3.8) is 0 Å². The van der Waals surface area contributed by atoms with Crippen LogP contribution in [0.5, 0.6) is 0 Å². The van der Waals surface area contributed by atoms with E-state index in [0.717, 1.165) is 27.6 Å². The third-order valence-electron chi connectivity index (χ3n) is 2.52. The largest absolute Gasteiger partial charge is 0.385 e. The van der Waals surface area contributed by atoms with Crippen LogP contribution in [0.2, 0.25) is 0 Å². The van der Waals surface area contributed by atoms with Gasteiger partial charge in [0.1, 0.15) is 5.01 Å². The van der Waals surface area contributed by atoms with Crippen LogP contribution in [0.1, 0.15) is 31.3 Å². The highest BCUT2D eigenvalue weighted by atomic mass is 32.1. The minimum atomic E-state index is -0.825. The van der Waals surface area contributed by atoms with Gasteiger partial charge in [0.2, 0.25) is 0 Å². The van der Waals surface area contributed by atoms with E-state index in [-0.39, 0.29) is 0 Å². The van der Waals surface area contributed by atoms with Crippen LogP contribution in [0, 0.1) is 0 Å². The summed E-state index contributed by atoms with van der Waals surface area (Å²) >= 11 is 1.56. The maximum atomic E-state index is 10.1. The third kappa shape index (κ3) is 2.53. The van der Waals surface area contributed by atoms with Crippen LogP contribution in [0.15, 0.2) is 24.5 Å². The Morgan fingerprint density at radius 3 is 2.41 bits per heavy atom. The highest BCUT2D eigenvalue weighted by Crippen LogP contribution is 2.34. The van der Waals surface area contributed by atoms with Gasteiger partial charge in [-0.05, 0) is 32.4 Å². The fourth-order valence-electron chi connectivity index (χ4n) is 1.69. The molecular formula is C13H16N2OS. The van der Waals surface area contributed by atoms with Crippen LogP contribution >= 0.6 is 11.3 Å². The number of hydrogen-bond acceptors (Lipinski definition) is 4. The number of hydrogen-bond donors (Lipinski definition) is 1. The van der Waals surface area contributed by atoms with Gasteiger partial charge in [-0.3, -0.25) is 4.98 Å². The van der Waals surface area contributed by atoms with Crippen molar-refractivity contribution in [3.05, 3.63) is 35.1 Å². The summed E-state index contributed by atoms with van der Waals surface area (Å²) in [5.74, 6) is 0. The molecule has 0 radical (unpaired) electrons. The van der Waals surface area contributed by atoms with Crippen molar-refractivity contribution in [3.8, 4) is 10.6 Å². The molecule has 0 unspecified atom stereocenters. The van der Waals surface area contributed by atoms with Crippen LogP contribution in [0.25, 0.3) is 10.6 Å². The number of aliphatic hydroxyl groups is 1. The molecule has 0 aliphatic heterocycles. The molecule has 0 aromatic carbocycles. The minimum Gasteiger partial charge on any atom is -0.385 e. The molecule has 0 spiro atoms. The average molecular weight is 248 g/mol. The van der Waals surface area contributed by atoms with Crippen LogP contribution < -0.4 is 0 Å². The molecule has 3 nitrogen and oxygen atoms in total. The van der Waals surface area contributed by atoms with Crippen molar-refractivity contribution in [2.45, 2.75) is 32.8 Å². The molecule has 0 bridgehead atoms. The predicted molar refractivity (Wildman–Crippen MR) is 70.0 cm³/mol. The van der Waals surface area contributed by atoms with E-state index in [4.69, 9.17) is 0 Å². The maximum absolute atomic E-state index is 10.1. The van der Waals surface area contributed by atoms with Gasteiger partial charge in [0.25, 0.3) is 0 Å². The van der Waals surface area contributed by atoms with Gasteiger partial charge in [-0.15, -0.1) is 11.3 Å². The molecule has 0 fully saturated rings. The number of rotatable bonds is 3. The molecule has 2 aromatic heterocycles. The van der Waals surface area contributed by atoms with E-state index >= 15 is 0 Å². The van der Waals surface area contributed by atoms with Crippen molar-refractivity contribution in [1.82, 2.24) is 9.97 Å². The monoisotopic (exact) mass is 248 g/mol. The van der Waals surface area contributed by atoms with Gasteiger partial charge >= 0.3 is 0 Å². The second kappa shape index (κ2) is 4.55. The molecule has 0 saturated heterocycles. The zero-order chi connectivity index (χ0) is 12.5. The van der Waals surface area contributed by atoms with Crippen molar-refractivity contribution in [2.24, 2.45) is 0 Å². The Morgan fingerprint density at radius 1 is 1.29 bits per heavy atom. The lowest BCUT2D eigenvalue weighted by Gasteiger charge is -2.15. The molecule has 1 N–H and O–H groups in total. The van der Waals surface area contributed by atoms with E-state index in [1.165, 1.54) is 0 Å². The summed E-state index contributed by atoms with van der Waals surface area (Å²) in [7, 11) is 0. The van der Waals surface area contributed by atoms with E-state index in [2.05, 4.69) is 16.9 Å². The molecule has 0 aliphatic rings. The zero-order valence-corrected chi connectivity index (χ0v) is 11.1. The third-order valence-corrected chi connectivity index (χ3v) is 3.97. The first-order chi connectivity index (χ1) is 8.02. The molecule has 2 aromatic rings. The second-order valence-electron chi connectivity index (χ2n) is 4.44. The lowest BCUT2D eigenvalue weighted by Crippen LogP contribution is -2.15.